The molecule has 1 rings (SSSR count). The van der Waals surface area contributed by atoms with Crippen LogP contribution in [0.1, 0.15) is 19.8 Å². The van der Waals surface area contributed by atoms with Crippen molar-refractivity contribution in [3.05, 3.63) is 0 Å². The van der Waals surface area contributed by atoms with E-state index in [1.807, 2.05) is 0 Å². The first-order valence-electron chi connectivity index (χ1n) is 4.64. The van der Waals surface area contributed by atoms with Gasteiger partial charge in [0.2, 0.25) is 10.0 Å². The molecule has 78 valence electrons. The molecule has 0 bridgehead atoms. The van der Waals surface area contributed by atoms with Gasteiger partial charge in [0, 0.05) is 18.4 Å². The van der Waals surface area contributed by atoms with Crippen molar-refractivity contribution in [1.29, 1.82) is 0 Å². The lowest BCUT2D eigenvalue weighted by Crippen LogP contribution is -2.41. The number of sulfonamides is 1. The predicted octanol–water partition coefficient (Wildman–Crippen LogP) is 1.44. The minimum atomic E-state index is -2.95. The van der Waals surface area contributed by atoms with Crippen LogP contribution in [0, 0.1) is 5.92 Å². The van der Waals surface area contributed by atoms with E-state index in [4.69, 9.17) is 0 Å². The lowest BCUT2D eigenvalue weighted by Gasteiger charge is -2.30. The Kier molecular flexibility index (Phi) is 4.19. The van der Waals surface area contributed by atoms with Gasteiger partial charge in [-0.15, -0.1) is 0 Å². The number of piperidine rings is 1. The average molecular weight is 270 g/mol. The van der Waals surface area contributed by atoms with Crippen LogP contribution in [-0.4, -0.2) is 36.9 Å². The molecule has 1 unspecified atom stereocenters. The average Bonchev–Trinajstić information content (AvgIpc) is 2.18. The largest absolute Gasteiger partial charge is 0.213 e. The molecule has 1 heterocycles. The van der Waals surface area contributed by atoms with Crippen LogP contribution in [0.25, 0.3) is 0 Å². The first kappa shape index (κ1) is 11.5. The standard InChI is InChI=1S/C8H16BrNO2S/c1-2-13(11,12)10-5-3-4-8(6-9)7-10/h8H,2-7H2,1H3. The van der Waals surface area contributed by atoms with E-state index in [0.29, 0.717) is 19.0 Å². The molecule has 1 atom stereocenters. The maximum Gasteiger partial charge on any atom is 0.213 e. The van der Waals surface area contributed by atoms with Gasteiger partial charge in [-0.3, -0.25) is 0 Å². The summed E-state index contributed by atoms with van der Waals surface area (Å²) in [5.41, 5.74) is 0. The molecule has 0 spiro atoms. The lowest BCUT2D eigenvalue weighted by atomic mass is 10.0. The molecule has 0 aromatic rings. The molecule has 0 radical (unpaired) electrons. The molecular weight excluding hydrogens is 254 g/mol. The highest BCUT2D eigenvalue weighted by atomic mass is 79.9. The molecule has 0 aliphatic carbocycles. The van der Waals surface area contributed by atoms with E-state index in [0.717, 1.165) is 18.2 Å². The fourth-order valence-electron chi connectivity index (χ4n) is 1.59. The van der Waals surface area contributed by atoms with Crippen molar-refractivity contribution in [2.75, 3.05) is 24.2 Å². The topological polar surface area (TPSA) is 37.4 Å². The second kappa shape index (κ2) is 4.75. The molecular formula is C8H16BrNO2S. The van der Waals surface area contributed by atoms with Crippen molar-refractivity contribution >= 4 is 26.0 Å². The van der Waals surface area contributed by atoms with Gasteiger partial charge >= 0.3 is 0 Å². The van der Waals surface area contributed by atoms with Gasteiger partial charge < -0.3 is 0 Å². The van der Waals surface area contributed by atoms with Crippen molar-refractivity contribution in [2.24, 2.45) is 5.92 Å². The van der Waals surface area contributed by atoms with E-state index in [1.165, 1.54) is 0 Å². The number of halogens is 1. The fraction of sp³-hybridized carbons (Fsp3) is 1.00. The Bertz CT molecular complexity index is 253. The van der Waals surface area contributed by atoms with Gasteiger partial charge in [0.15, 0.2) is 0 Å². The highest BCUT2D eigenvalue weighted by Gasteiger charge is 2.26. The zero-order chi connectivity index (χ0) is 9.90. The van der Waals surface area contributed by atoms with E-state index in [-0.39, 0.29) is 5.75 Å². The Morgan fingerprint density at radius 3 is 2.77 bits per heavy atom. The van der Waals surface area contributed by atoms with Crippen LogP contribution in [0.2, 0.25) is 0 Å². The molecule has 1 saturated heterocycles. The third kappa shape index (κ3) is 2.92. The number of rotatable bonds is 3. The van der Waals surface area contributed by atoms with E-state index >= 15 is 0 Å². The summed E-state index contributed by atoms with van der Waals surface area (Å²) in [6.07, 6.45) is 2.14. The predicted molar refractivity (Wildman–Crippen MR) is 57.6 cm³/mol. The molecule has 0 aromatic heterocycles. The molecule has 13 heavy (non-hydrogen) atoms. The third-order valence-electron chi connectivity index (χ3n) is 2.46. The van der Waals surface area contributed by atoms with Crippen LogP contribution in [0.4, 0.5) is 0 Å². The lowest BCUT2D eigenvalue weighted by molar-refractivity contribution is 0.286. The van der Waals surface area contributed by atoms with Crippen molar-refractivity contribution in [1.82, 2.24) is 4.31 Å². The monoisotopic (exact) mass is 269 g/mol. The zero-order valence-corrected chi connectivity index (χ0v) is 10.3. The Balaban J connectivity index is 2.61. The molecule has 1 aliphatic heterocycles. The molecule has 0 N–H and O–H groups in total. The van der Waals surface area contributed by atoms with Crippen LogP contribution >= 0.6 is 15.9 Å². The second-order valence-corrected chi connectivity index (χ2v) is 6.33. The maximum absolute atomic E-state index is 11.5. The number of alkyl halides is 1. The first-order chi connectivity index (χ1) is 6.10. The maximum atomic E-state index is 11.5. The summed E-state index contributed by atoms with van der Waals surface area (Å²) < 4.78 is 24.7. The summed E-state index contributed by atoms with van der Waals surface area (Å²) in [4.78, 5) is 0. The van der Waals surface area contributed by atoms with E-state index in [2.05, 4.69) is 15.9 Å². The molecule has 0 aromatic carbocycles. The smallest absolute Gasteiger partial charge is 0.212 e. The number of nitrogens with zero attached hydrogens (tertiary/aromatic N) is 1. The van der Waals surface area contributed by atoms with Gasteiger partial charge in [0.25, 0.3) is 0 Å². The minimum absolute atomic E-state index is 0.224. The van der Waals surface area contributed by atoms with Gasteiger partial charge in [-0.2, -0.15) is 0 Å². The van der Waals surface area contributed by atoms with Gasteiger partial charge in [-0.05, 0) is 25.7 Å². The van der Waals surface area contributed by atoms with E-state index in [1.54, 1.807) is 11.2 Å². The van der Waals surface area contributed by atoms with Gasteiger partial charge in [0.05, 0.1) is 5.75 Å². The number of hydrogen-bond acceptors (Lipinski definition) is 2. The summed E-state index contributed by atoms with van der Waals surface area (Å²) >= 11 is 3.41. The van der Waals surface area contributed by atoms with Crippen LogP contribution in [0.15, 0.2) is 0 Å². The highest BCUT2D eigenvalue weighted by molar-refractivity contribution is 9.09. The molecule has 1 fully saturated rings. The first-order valence-corrected chi connectivity index (χ1v) is 7.37. The molecule has 1 aliphatic rings. The molecule has 0 saturated carbocycles. The Labute approximate surface area is 88.7 Å². The van der Waals surface area contributed by atoms with Crippen molar-refractivity contribution in [2.45, 2.75) is 19.8 Å². The van der Waals surface area contributed by atoms with E-state index < -0.39 is 10.0 Å². The minimum Gasteiger partial charge on any atom is -0.212 e. The summed E-state index contributed by atoms with van der Waals surface area (Å²) in [6, 6.07) is 0. The van der Waals surface area contributed by atoms with E-state index in [9.17, 15) is 8.42 Å². The Morgan fingerprint density at radius 2 is 2.23 bits per heavy atom. The SMILES string of the molecule is CCS(=O)(=O)N1CCCC(CBr)C1. The Morgan fingerprint density at radius 1 is 1.54 bits per heavy atom. The van der Waals surface area contributed by atoms with Crippen molar-refractivity contribution in [3.63, 3.8) is 0 Å². The van der Waals surface area contributed by atoms with Crippen LogP contribution < -0.4 is 0 Å². The van der Waals surface area contributed by atoms with Crippen LogP contribution in [0.3, 0.4) is 0 Å². The number of hydrogen-bond donors (Lipinski definition) is 0. The van der Waals surface area contributed by atoms with Gasteiger partial charge in [-0.25, -0.2) is 12.7 Å². The highest BCUT2D eigenvalue weighted by Crippen LogP contribution is 2.20. The normalized spacial score (nSPS) is 26.2. The van der Waals surface area contributed by atoms with Crippen molar-refractivity contribution < 1.29 is 8.42 Å². The second-order valence-electron chi connectivity index (χ2n) is 3.42. The van der Waals surface area contributed by atoms with Crippen LogP contribution in [-0.2, 0) is 10.0 Å². The Hall–Kier alpha value is 0.390. The fourth-order valence-corrected chi connectivity index (χ4v) is 3.33. The summed E-state index contributed by atoms with van der Waals surface area (Å²) in [7, 11) is -2.95. The quantitative estimate of drug-likeness (QED) is 0.728. The van der Waals surface area contributed by atoms with Crippen molar-refractivity contribution in [3.8, 4) is 0 Å². The summed E-state index contributed by atoms with van der Waals surface area (Å²) in [5.74, 6) is 0.720. The summed E-state index contributed by atoms with van der Waals surface area (Å²) in [5, 5.41) is 0.905. The molecule has 5 heteroatoms. The zero-order valence-electron chi connectivity index (χ0n) is 7.87. The molecule has 3 nitrogen and oxygen atoms in total. The molecule has 0 amide bonds. The van der Waals surface area contributed by atoms with Gasteiger partial charge in [0.1, 0.15) is 0 Å². The van der Waals surface area contributed by atoms with Gasteiger partial charge in [-0.1, -0.05) is 15.9 Å². The van der Waals surface area contributed by atoms with Crippen LogP contribution in [0.5, 0.6) is 0 Å². The third-order valence-corrected chi connectivity index (χ3v) is 5.22. The summed E-state index contributed by atoms with van der Waals surface area (Å²) in [6.45, 7) is 3.11.